The van der Waals surface area contributed by atoms with Crippen molar-refractivity contribution in [3.05, 3.63) is 35.9 Å². The fourth-order valence-corrected chi connectivity index (χ4v) is 5.20. The number of amides is 1. The summed E-state index contributed by atoms with van der Waals surface area (Å²) in [5.41, 5.74) is 1.48. The maximum Gasteiger partial charge on any atom is 0.223 e. The lowest BCUT2D eigenvalue weighted by Gasteiger charge is -2.33. The van der Waals surface area contributed by atoms with Crippen molar-refractivity contribution in [2.24, 2.45) is 0 Å². The number of thioether (sulfide) groups is 1. The van der Waals surface area contributed by atoms with Crippen LogP contribution < -0.4 is 5.32 Å². The van der Waals surface area contributed by atoms with Crippen molar-refractivity contribution in [2.75, 3.05) is 44.2 Å². The molecular formula is C21H31N3OS. The van der Waals surface area contributed by atoms with Gasteiger partial charge in [-0.25, -0.2) is 0 Å². The minimum Gasteiger partial charge on any atom is -0.341 e. The molecule has 2 aliphatic heterocycles. The molecule has 1 amide bonds. The summed E-state index contributed by atoms with van der Waals surface area (Å²) in [5, 5.41) is 3.87. The maximum absolute atomic E-state index is 12.3. The summed E-state index contributed by atoms with van der Waals surface area (Å²) in [5.74, 6) is 3.28. The summed E-state index contributed by atoms with van der Waals surface area (Å²) in [7, 11) is 0. The Kier molecular flexibility index (Phi) is 6.18. The van der Waals surface area contributed by atoms with E-state index in [0.717, 1.165) is 50.1 Å². The Hall–Kier alpha value is -1.04. The van der Waals surface area contributed by atoms with E-state index >= 15 is 0 Å². The number of nitrogens with zero attached hydrogens (tertiary/aromatic N) is 2. The van der Waals surface area contributed by atoms with Gasteiger partial charge in [-0.2, -0.15) is 11.8 Å². The molecular weight excluding hydrogens is 342 g/mol. The average Bonchev–Trinajstić information content (AvgIpc) is 3.48. The van der Waals surface area contributed by atoms with E-state index in [1.54, 1.807) is 0 Å². The predicted molar refractivity (Wildman–Crippen MR) is 109 cm³/mol. The van der Waals surface area contributed by atoms with Gasteiger partial charge < -0.3 is 15.1 Å². The van der Waals surface area contributed by atoms with Crippen LogP contribution in [0.5, 0.6) is 0 Å². The van der Waals surface area contributed by atoms with Gasteiger partial charge in [0, 0.05) is 55.6 Å². The van der Waals surface area contributed by atoms with Gasteiger partial charge in [0.1, 0.15) is 0 Å². The normalized spacial score (nSPS) is 27.5. The van der Waals surface area contributed by atoms with Crippen LogP contribution in [0.1, 0.15) is 37.2 Å². The van der Waals surface area contributed by atoms with E-state index in [1.165, 1.54) is 24.8 Å². The number of benzene rings is 1. The molecule has 2 atom stereocenters. The highest BCUT2D eigenvalue weighted by molar-refractivity contribution is 7.99. The Bertz CT molecular complexity index is 582. The van der Waals surface area contributed by atoms with E-state index in [9.17, 15) is 4.79 Å². The average molecular weight is 374 g/mol. The predicted octanol–water partition coefficient (Wildman–Crippen LogP) is 2.56. The first-order valence-electron chi connectivity index (χ1n) is 10.2. The highest BCUT2D eigenvalue weighted by Gasteiger charge is 2.39. The zero-order valence-corrected chi connectivity index (χ0v) is 16.4. The smallest absolute Gasteiger partial charge is 0.223 e. The van der Waals surface area contributed by atoms with Crippen molar-refractivity contribution in [3.8, 4) is 0 Å². The summed E-state index contributed by atoms with van der Waals surface area (Å²) in [6, 6.07) is 12.2. The number of rotatable bonds is 6. The van der Waals surface area contributed by atoms with Crippen LogP contribution in [-0.4, -0.2) is 72.0 Å². The monoisotopic (exact) mass is 373 g/mol. The van der Waals surface area contributed by atoms with Crippen LogP contribution in [0, 0.1) is 0 Å². The SMILES string of the molecule is O=C(CCN1CCC(N[C@@H]2C[C@H]2c2ccccc2)CC1)N1CCSCC1. The van der Waals surface area contributed by atoms with Crippen molar-refractivity contribution in [3.63, 3.8) is 0 Å². The third-order valence-electron chi connectivity index (χ3n) is 6.06. The molecule has 2 heterocycles. The van der Waals surface area contributed by atoms with Gasteiger partial charge in [-0.3, -0.25) is 4.79 Å². The molecule has 4 rings (SSSR count). The zero-order valence-electron chi connectivity index (χ0n) is 15.6. The van der Waals surface area contributed by atoms with Crippen molar-refractivity contribution < 1.29 is 4.79 Å². The van der Waals surface area contributed by atoms with Crippen LogP contribution >= 0.6 is 11.8 Å². The highest BCUT2D eigenvalue weighted by Crippen LogP contribution is 2.41. The number of piperidine rings is 1. The van der Waals surface area contributed by atoms with Crippen LogP contribution in [0.3, 0.4) is 0 Å². The summed E-state index contributed by atoms with van der Waals surface area (Å²) < 4.78 is 0. The quantitative estimate of drug-likeness (QED) is 0.831. The van der Waals surface area contributed by atoms with E-state index in [2.05, 4.69) is 45.4 Å². The summed E-state index contributed by atoms with van der Waals surface area (Å²) in [6.07, 6.45) is 4.41. The topological polar surface area (TPSA) is 35.6 Å². The number of likely N-dealkylation sites (tertiary alicyclic amines) is 1. The molecule has 142 valence electrons. The molecule has 1 aromatic carbocycles. The molecule has 1 aliphatic carbocycles. The molecule has 1 aromatic rings. The van der Waals surface area contributed by atoms with Gasteiger partial charge in [-0.1, -0.05) is 30.3 Å². The van der Waals surface area contributed by atoms with Gasteiger partial charge in [0.15, 0.2) is 0 Å². The molecule has 3 aliphatic rings. The minimum atomic E-state index is 0.356. The van der Waals surface area contributed by atoms with Crippen molar-refractivity contribution in [1.82, 2.24) is 15.1 Å². The molecule has 0 radical (unpaired) electrons. The standard InChI is InChI=1S/C21H31N3OS/c25-21(24-12-14-26-15-13-24)8-11-23-9-6-18(7-10-23)22-20-16-19(20)17-4-2-1-3-5-17/h1-5,18-20,22H,6-16H2/t19-,20+/m0/s1. The van der Waals surface area contributed by atoms with E-state index in [0.29, 0.717) is 24.4 Å². The Morgan fingerprint density at radius 3 is 2.54 bits per heavy atom. The molecule has 0 aromatic heterocycles. The van der Waals surface area contributed by atoms with Crippen LogP contribution in [-0.2, 0) is 4.79 Å². The first kappa shape index (κ1) is 18.3. The lowest BCUT2D eigenvalue weighted by Crippen LogP contribution is -2.45. The number of carbonyl (C=O) groups is 1. The van der Waals surface area contributed by atoms with Gasteiger partial charge >= 0.3 is 0 Å². The van der Waals surface area contributed by atoms with E-state index in [1.807, 2.05) is 11.8 Å². The summed E-state index contributed by atoms with van der Waals surface area (Å²) in [6.45, 7) is 5.08. The Morgan fingerprint density at radius 2 is 1.81 bits per heavy atom. The number of hydrogen-bond donors (Lipinski definition) is 1. The van der Waals surface area contributed by atoms with Crippen molar-refractivity contribution >= 4 is 17.7 Å². The Balaban J connectivity index is 1.13. The summed E-state index contributed by atoms with van der Waals surface area (Å²) in [4.78, 5) is 16.8. The molecule has 1 saturated carbocycles. The summed E-state index contributed by atoms with van der Waals surface area (Å²) >= 11 is 1.96. The molecule has 26 heavy (non-hydrogen) atoms. The van der Waals surface area contributed by atoms with E-state index in [-0.39, 0.29) is 0 Å². The van der Waals surface area contributed by atoms with Gasteiger partial charge in [0.05, 0.1) is 0 Å². The first-order valence-corrected chi connectivity index (χ1v) is 11.3. The van der Waals surface area contributed by atoms with Crippen molar-refractivity contribution in [1.29, 1.82) is 0 Å². The lowest BCUT2D eigenvalue weighted by molar-refractivity contribution is -0.131. The minimum absolute atomic E-state index is 0.356. The van der Waals surface area contributed by atoms with Crippen LogP contribution in [0.15, 0.2) is 30.3 Å². The third kappa shape index (κ3) is 4.81. The molecule has 5 heteroatoms. The second kappa shape index (κ2) is 8.77. The molecule has 2 saturated heterocycles. The largest absolute Gasteiger partial charge is 0.341 e. The number of carbonyl (C=O) groups excluding carboxylic acids is 1. The number of hydrogen-bond acceptors (Lipinski definition) is 4. The van der Waals surface area contributed by atoms with E-state index in [4.69, 9.17) is 0 Å². The maximum atomic E-state index is 12.3. The second-order valence-electron chi connectivity index (χ2n) is 7.89. The Labute approximate surface area is 161 Å². The van der Waals surface area contributed by atoms with Crippen LogP contribution in [0.4, 0.5) is 0 Å². The van der Waals surface area contributed by atoms with Gasteiger partial charge in [-0.05, 0) is 37.9 Å². The molecule has 0 unspecified atom stereocenters. The van der Waals surface area contributed by atoms with Gasteiger partial charge in [0.2, 0.25) is 5.91 Å². The molecule has 3 fully saturated rings. The zero-order chi connectivity index (χ0) is 17.8. The molecule has 1 N–H and O–H groups in total. The lowest BCUT2D eigenvalue weighted by atomic mass is 10.0. The molecule has 0 bridgehead atoms. The van der Waals surface area contributed by atoms with Crippen molar-refractivity contribution in [2.45, 2.75) is 43.7 Å². The Morgan fingerprint density at radius 1 is 1.08 bits per heavy atom. The first-order chi connectivity index (χ1) is 12.8. The molecule has 0 spiro atoms. The number of nitrogens with one attached hydrogen (secondary N) is 1. The molecule has 4 nitrogen and oxygen atoms in total. The van der Waals surface area contributed by atoms with Crippen LogP contribution in [0.2, 0.25) is 0 Å². The van der Waals surface area contributed by atoms with Crippen LogP contribution in [0.25, 0.3) is 0 Å². The highest BCUT2D eigenvalue weighted by atomic mass is 32.2. The van der Waals surface area contributed by atoms with Gasteiger partial charge in [0.25, 0.3) is 0 Å². The van der Waals surface area contributed by atoms with E-state index < -0.39 is 0 Å². The fourth-order valence-electron chi connectivity index (χ4n) is 4.30. The second-order valence-corrected chi connectivity index (χ2v) is 9.11. The van der Waals surface area contributed by atoms with Gasteiger partial charge in [-0.15, -0.1) is 0 Å². The third-order valence-corrected chi connectivity index (χ3v) is 7.00. The fraction of sp³-hybridized carbons (Fsp3) is 0.667.